The van der Waals surface area contributed by atoms with Gasteiger partial charge in [0, 0.05) is 9.99 Å². The van der Waals surface area contributed by atoms with Crippen LogP contribution in [0.1, 0.15) is 17.5 Å². The maximum Gasteiger partial charge on any atom is 0.416 e. The van der Waals surface area contributed by atoms with Crippen molar-refractivity contribution in [2.75, 3.05) is 0 Å². The fourth-order valence-corrected chi connectivity index (χ4v) is 2.08. The molecular weight excluding hydrogens is 336 g/mol. The number of hydrogen-bond donors (Lipinski definition) is 1. The lowest BCUT2D eigenvalue weighted by Gasteiger charge is -2.13. The highest BCUT2D eigenvalue weighted by Gasteiger charge is 2.33. The predicted molar refractivity (Wildman–Crippen MR) is 60.1 cm³/mol. The average Bonchev–Trinajstić information content (AvgIpc) is 2.13. The van der Waals surface area contributed by atoms with Crippen LogP contribution in [-0.2, 0) is 17.4 Å². The third-order valence-corrected chi connectivity index (χ3v) is 3.02. The van der Waals surface area contributed by atoms with Crippen molar-refractivity contribution in [3.05, 3.63) is 32.9 Å². The van der Waals surface area contributed by atoms with Crippen LogP contribution >= 0.6 is 22.6 Å². The number of halogens is 4. The van der Waals surface area contributed by atoms with E-state index in [2.05, 4.69) is 0 Å². The van der Waals surface area contributed by atoms with Crippen molar-refractivity contribution in [1.29, 1.82) is 0 Å². The van der Waals surface area contributed by atoms with Gasteiger partial charge in [-0.25, -0.2) is 0 Å². The molecule has 1 aromatic carbocycles. The van der Waals surface area contributed by atoms with E-state index in [1.165, 1.54) is 12.1 Å². The van der Waals surface area contributed by atoms with Crippen molar-refractivity contribution in [1.82, 2.24) is 0 Å². The van der Waals surface area contributed by atoms with Crippen LogP contribution in [0.2, 0.25) is 0 Å². The Bertz CT molecular complexity index is 402. The third kappa shape index (κ3) is 3.36. The van der Waals surface area contributed by atoms with Crippen LogP contribution in [0.3, 0.4) is 0 Å². The normalized spacial score (nSPS) is 11.5. The number of carbonyl (C=O) groups is 1. The molecule has 0 amide bonds. The van der Waals surface area contributed by atoms with E-state index < -0.39 is 17.7 Å². The quantitative estimate of drug-likeness (QED) is 0.855. The van der Waals surface area contributed by atoms with E-state index in [4.69, 9.17) is 5.11 Å². The molecule has 0 saturated carbocycles. The van der Waals surface area contributed by atoms with Gasteiger partial charge in [-0.3, -0.25) is 4.79 Å². The van der Waals surface area contributed by atoms with Gasteiger partial charge in [0.05, 0.1) is 5.56 Å². The zero-order chi connectivity index (χ0) is 12.3. The largest absolute Gasteiger partial charge is 0.481 e. The monoisotopic (exact) mass is 344 g/mol. The summed E-state index contributed by atoms with van der Waals surface area (Å²) >= 11 is 1.78. The summed E-state index contributed by atoms with van der Waals surface area (Å²) in [6, 6.07) is 3.82. The fraction of sp³-hybridized carbons (Fsp3) is 0.300. The van der Waals surface area contributed by atoms with Gasteiger partial charge in [-0.15, -0.1) is 0 Å². The van der Waals surface area contributed by atoms with E-state index in [1.54, 1.807) is 22.6 Å². The fourth-order valence-electron chi connectivity index (χ4n) is 1.31. The number of carboxylic acid groups (broad SMARTS) is 1. The Morgan fingerprint density at radius 1 is 1.38 bits per heavy atom. The van der Waals surface area contributed by atoms with Crippen molar-refractivity contribution in [2.24, 2.45) is 0 Å². The molecule has 0 aliphatic rings. The van der Waals surface area contributed by atoms with Gasteiger partial charge in [0.2, 0.25) is 0 Å². The molecule has 0 atom stereocenters. The number of alkyl halides is 3. The number of carboxylic acids is 1. The van der Waals surface area contributed by atoms with Crippen LogP contribution in [0, 0.1) is 3.57 Å². The Hall–Kier alpha value is -0.790. The number of rotatable bonds is 3. The van der Waals surface area contributed by atoms with Crippen molar-refractivity contribution in [3.8, 4) is 0 Å². The van der Waals surface area contributed by atoms with Gasteiger partial charge in [0.15, 0.2) is 0 Å². The van der Waals surface area contributed by atoms with Gasteiger partial charge in [-0.05, 0) is 46.7 Å². The first-order chi connectivity index (χ1) is 7.32. The SMILES string of the molecule is O=C(O)CCc1c(I)cccc1C(F)(F)F. The molecule has 6 heteroatoms. The van der Waals surface area contributed by atoms with E-state index in [-0.39, 0.29) is 18.4 Å². The molecule has 1 rings (SSSR count). The molecule has 0 fully saturated rings. The summed E-state index contributed by atoms with van der Waals surface area (Å²) in [4.78, 5) is 10.4. The highest BCUT2D eigenvalue weighted by atomic mass is 127. The van der Waals surface area contributed by atoms with E-state index in [1.807, 2.05) is 0 Å². The Morgan fingerprint density at radius 3 is 2.50 bits per heavy atom. The van der Waals surface area contributed by atoms with Crippen molar-refractivity contribution in [2.45, 2.75) is 19.0 Å². The van der Waals surface area contributed by atoms with Crippen LogP contribution in [0.25, 0.3) is 0 Å². The molecule has 0 aliphatic heterocycles. The summed E-state index contributed by atoms with van der Waals surface area (Å²) in [6.45, 7) is 0. The van der Waals surface area contributed by atoms with Crippen LogP contribution < -0.4 is 0 Å². The molecule has 88 valence electrons. The molecule has 16 heavy (non-hydrogen) atoms. The Labute approximate surface area is 104 Å². The summed E-state index contributed by atoms with van der Waals surface area (Å²) < 4.78 is 38.2. The second-order valence-electron chi connectivity index (χ2n) is 3.16. The first-order valence-corrected chi connectivity index (χ1v) is 5.46. The van der Waals surface area contributed by atoms with Crippen molar-refractivity contribution < 1.29 is 23.1 Å². The van der Waals surface area contributed by atoms with E-state index >= 15 is 0 Å². The molecule has 0 bridgehead atoms. The Morgan fingerprint density at radius 2 is 2.00 bits per heavy atom. The Kier molecular flexibility index (Phi) is 4.17. The molecule has 0 unspecified atom stereocenters. The van der Waals surface area contributed by atoms with Gasteiger partial charge >= 0.3 is 12.1 Å². The number of hydrogen-bond acceptors (Lipinski definition) is 1. The standard InChI is InChI=1S/C10H8F3IO2/c11-10(12,13)7-2-1-3-8(14)6(7)4-5-9(15)16/h1-3H,4-5H2,(H,15,16). The summed E-state index contributed by atoms with van der Waals surface area (Å²) in [7, 11) is 0. The highest BCUT2D eigenvalue weighted by molar-refractivity contribution is 14.1. The van der Waals surface area contributed by atoms with Crippen LogP contribution in [0.15, 0.2) is 18.2 Å². The summed E-state index contributed by atoms with van der Waals surface area (Å²) in [6.07, 6.45) is -4.85. The molecule has 0 radical (unpaired) electrons. The zero-order valence-corrected chi connectivity index (χ0v) is 10.2. The third-order valence-electron chi connectivity index (χ3n) is 2.01. The summed E-state index contributed by atoms with van der Waals surface area (Å²) in [5, 5.41) is 8.48. The minimum Gasteiger partial charge on any atom is -0.481 e. The molecule has 0 aromatic heterocycles. The topological polar surface area (TPSA) is 37.3 Å². The first-order valence-electron chi connectivity index (χ1n) is 4.38. The molecule has 0 aliphatic carbocycles. The van der Waals surface area contributed by atoms with Gasteiger partial charge < -0.3 is 5.11 Å². The number of aliphatic carboxylic acids is 1. The lowest BCUT2D eigenvalue weighted by Crippen LogP contribution is -2.11. The van der Waals surface area contributed by atoms with Crippen LogP contribution in [-0.4, -0.2) is 11.1 Å². The zero-order valence-electron chi connectivity index (χ0n) is 8.01. The smallest absolute Gasteiger partial charge is 0.416 e. The van der Waals surface area contributed by atoms with Gasteiger partial charge in [-0.1, -0.05) is 6.07 Å². The molecule has 0 saturated heterocycles. The molecule has 0 heterocycles. The second-order valence-corrected chi connectivity index (χ2v) is 4.32. The lowest BCUT2D eigenvalue weighted by molar-refractivity contribution is -0.140. The second kappa shape index (κ2) is 5.03. The minimum absolute atomic E-state index is 0.0537. The average molecular weight is 344 g/mol. The lowest BCUT2D eigenvalue weighted by atomic mass is 10.0. The predicted octanol–water partition coefficient (Wildman–Crippen LogP) is 3.33. The van der Waals surface area contributed by atoms with Crippen molar-refractivity contribution >= 4 is 28.6 Å². The van der Waals surface area contributed by atoms with Gasteiger partial charge in [0.1, 0.15) is 0 Å². The van der Waals surface area contributed by atoms with E-state index in [0.717, 1.165) is 6.07 Å². The summed E-state index contributed by atoms with van der Waals surface area (Å²) in [5.41, 5.74) is -0.696. The molecular formula is C10H8F3IO2. The number of benzene rings is 1. The molecule has 1 aromatic rings. The van der Waals surface area contributed by atoms with Crippen molar-refractivity contribution in [3.63, 3.8) is 0 Å². The van der Waals surface area contributed by atoms with E-state index in [0.29, 0.717) is 3.57 Å². The van der Waals surface area contributed by atoms with Gasteiger partial charge in [-0.2, -0.15) is 13.2 Å². The highest BCUT2D eigenvalue weighted by Crippen LogP contribution is 2.34. The van der Waals surface area contributed by atoms with E-state index in [9.17, 15) is 18.0 Å². The maximum atomic E-state index is 12.6. The van der Waals surface area contributed by atoms with Crippen LogP contribution in [0.5, 0.6) is 0 Å². The van der Waals surface area contributed by atoms with Gasteiger partial charge in [0.25, 0.3) is 0 Å². The maximum absolute atomic E-state index is 12.6. The van der Waals surface area contributed by atoms with Crippen LogP contribution in [0.4, 0.5) is 13.2 Å². The minimum atomic E-state index is -4.44. The first kappa shape index (κ1) is 13.3. The molecule has 2 nitrogen and oxygen atoms in total. The summed E-state index contributed by atoms with van der Waals surface area (Å²) in [5.74, 6) is -1.10. The molecule has 0 spiro atoms. The Balaban J connectivity index is 3.09. The molecule has 1 N–H and O–H groups in total.